The topological polar surface area (TPSA) is 419 Å². The number of nitrogens with one attached hydrogen (secondary N) is 6. The van der Waals surface area contributed by atoms with Crippen LogP contribution in [0, 0.1) is 20.2 Å². The Hall–Kier alpha value is -5.59. The zero-order valence-corrected chi connectivity index (χ0v) is 56.6. The second-order valence-corrected chi connectivity index (χ2v) is 23.3. The third kappa shape index (κ3) is 34.4. The lowest BCUT2D eigenvalue weighted by atomic mass is 9.98. The third-order valence-corrected chi connectivity index (χ3v) is 14.4. The molecule has 4 fully saturated rings. The molecule has 0 unspecified atom stereocenters. The minimum atomic E-state index is -0.808. The molecule has 0 spiro atoms. The summed E-state index contributed by atoms with van der Waals surface area (Å²) in [7, 11) is 0. The normalized spacial score (nSPS) is 21.6. The molecule has 0 radical (unpaired) electrons. The molecule has 0 aromatic heterocycles. The molecular formula is C61H102N8O28. The maximum atomic E-state index is 12.9. The number of carbonyl (C=O) groups excluding carboxylic acids is 5. The van der Waals surface area contributed by atoms with E-state index < -0.39 is 44.7 Å². The summed E-state index contributed by atoms with van der Waals surface area (Å²) in [6.07, 6.45) is -2.12. The number of amides is 5. The van der Waals surface area contributed by atoms with Crippen LogP contribution in [0.25, 0.3) is 0 Å². The van der Waals surface area contributed by atoms with E-state index in [-0.39, 0.29) is 216 Å². The smallest absolute Gasteiger partial charge is 0.299 e. The van der Waals surface area contributed by atoms with Gasteiger partial charge in [0.05, 0.1) is 212 Å². The molecule has 1 aromatic rings. The summed E-state index contributed by atoms with van der Waals surface area (Å²) in [5, 5.41) is 39.2. The van der Waals surface area contributed by atoms with Crippen molar-refractivity contribution in [2.75, 3.05) is 210 Å². The molecule has 5 amide bonds. The average molecular weight is 1400 g/mol. The van der Waals surface area contributed by atoms with Crippen molar-refractivity contribution in [1.82, 2.24) is 26.6 Å². The Morgan fingerprint density at radius 1 is 0.485 bits per heavy atom. The van der Waals surface area contributed by atoms with E-state index in [1.807, 2.05) is 27.7 Å². The van der Waals surface area contributed by atoms with Gasteiger partial charge in [-0.15, -0.1) is 0 Å². The van der Waals surface area contributed by atoms with E-state index in [4.69, 9.17) is 90.0 Å². The molecule has 97 heavy (non-hydrogen) atoms. The van der Waals surface area contributed by atoms with Crippen molar-refractivity contribution in [3.63, 3.8) is 0 Å². The number of rotatable bonds is 55. The number of hydrogen-bond acceptors (Lipinski definition) is 29. The van der Waals surface area contributed by atoms with Crippen molar-refractivity contribution >= 4 is 46.6 Å². The summed E-state index contributed by atoms with van der Waals surface area (Å²) in [6.45, 7) is 17.1. The summed E-state index contributed by atoms with van der Waals surface area (Å²) in [5.41, 5.74) is -0.710. The number of nitrogens with zero attached hydrogens (tertiary/aromatic N) is 2. The molecule has 36 nitrogen and oxygen atoms in total. The first-order valence-corrected chi connectivity index (χ1v) is 32.7. The summed E-state index contributed by atoms with van der Waals surface area (Å²) in [4.78, 5) is 82.2. The SMILES string of the molecule is CC(=O)N[C@@H]1CO[C@H](COCCOCCOCCOCCNC(=O)CCOCC(COCCC(=O)NCCOCCOCCOCCOC[C@H]2OC[C@@H](NC(C)=O)[C@H]3OC(C)(C)O[C@H]32)NC(=O)COCCOCCOCCNc2ccc([N+](=O)[O-])cc2[N+](=O)[O-])[C@@H]2OC(C)(C)O[C@@H]21. The second-order valence-electron chi connectivity index (χ2n) is 23.3. The van der Waals surface area contributed by atoms with Crippen LogP contribution in [0.5, 0.6) is 0 Å². The molecule has 5 rings (SSSR count). The minimum absolute atomic E-state index is 0.0155. The van der Waals surface area contributed by atoms with Crippen molar-refractivity contribution in [3.05, 3.63) is 38.4 Å². The first-order chi connectivity index (χ1) is 46.7. The van der Waals surface area contributed by atoms with Crippen molar-refractivity contribution in [2.24, 2.45) is 0 Å². The van der Waals surface area contributed by atoms with Gasteiger partial charge >= 0.3 is 0 Å². The highest BCUT2D eigenvalue weighted by Gasteiger charge is 2.53. The predicted octanol–water partition coefficient (Wildman–Crippen LogP) is -0.525. The highest BCUT2D eigenvalue weighted by Crippen LogP contribution is 2.37. The van der Waals surface area contributed by atoms with Gasteiger partial charge in [0.25, 0.3) is 11.4 Å². The van der Waals surface area contributed by atoms with Gasteiger partial charge in [0.15, 0.2) is 11.6 Å². The molecule has 8 atom stereocenters. The minimum Gasteiger partial charge on any atom is -0.379 e. The van der Waals surface area contributed by atoms with E-state index in [9.17, 15) is 44.2 Å². The average Bonchev–Trinajstić information content (AvgIpc) is 1.65. The highest BCUT2D eigenvalue weighted by molar-refractivity contribution is 5.78. The van der Waals surface area contributed by atoms with E-state index in [0.29, 0.717) is 79.3 Å². The second kappa shape index (κ2) is 46.7. The van der Waals surface area contributed by atoms with Gasteiger partial charge < -0.3 is 122 Å². The van der Waals surface area contributed by atoms with E-state index in [2.05, 4.69) is 31.9 Å². The lowest BCUT2D eigenvalue weighted by Crippen LogP contribution is -2.58. The molecule has 554 valence electrons. The van der Waals surface area contributed by atoms with E-state index in [1.165, 1.54) is 19.9 Å². The van der Waals surface area contributed by atoms with Gasteiger partial charge in [-0.2, -0.15) is 0 Å². The summed E-state index contributed by atoms with van der Waals surface area (Å²) in [5.74, 6) is -2.97. The lowest BCUT2D eigenvalue weighted by molar-refractivity contribution is -0.393. The summed E-state index contributed by atoms with van der Waals surface area (Å²) >= 11 is 0. The first kappa shape index (κ1) is 82.1. The van der Waals surface area contributed by atoms with Crippen molar-refractivity contribution in [1.29, 1.82) is 0 Å². The van der Waals surface area contributed by atoms with Gasteiger partial charge in [0.1, 0.15) is 48.9 Å². The first-order valence-electron chi connectivity index (χ1n) is 32.7. The van der Waals surface area contributed by atoms with Crippen LogP contribution in [0.2, 0.25) is 0 Å². The number of hydrogen-bond donors (Lipinski definition) is 6. The fourth-order valence-electron chi connectivity index (χ4n) is 10.1. The number of ether oxygens (including phenoxy) is 19. The van der Waals surface area contributed by atoms with Crippen LogP contribution in [0.1, 0.15) is 54.4 Å². The number of nitro benzene ring substituents is 2. The summed E-state index contributed by atoms with van der Waals surface area (Å²) < 4.78 is 109. The Bertz CT molecular complexity index is 2370. The van der Waals surface area contributed by atoms with Gasteiger partial charge in [-0.3, -0.25) is 44.2 Å². The van der Waals surface area contributed by atoms with Gasteiger partial charge in [-0.05, 0) is 33.8 Å². The predicted molar refractivity (Wildman–Crippen MR) is 338 cm³/mol. The number of carbonyl (C=O) groups is 5. The number of fused-ring (bicyclic) bond motifs is 2. The molecular weight excluding hydrogens is 1290 g/mol. The molecule has 4 aliphatic heterocycles. The quantitative estimate of drug-likeness (QED) is 0.0271. The largest absolute Gasteiger partial charge is 0.379 e. The third-order valence-electron chi connectivity index (χ3n) is 14.4. The van der Waals surface area contributed by atoms with Gasteiger partial charge in [0.2, 0.25) is 29.5 Å². The number of nitro groups is 2. The van der Waals surface area contributed by atoms with E-state index in [0.717, 1.165) is 12.1 Å². The van der Waals surface area contributed by atoms with Crippen molar-refractivity contribution < 1.29 is 124 Å². The van der Waals surface area contributed by atoms with Gasteiger partial charge in [0, 0.05) is 52.4 Å². The van der Waals surface area contributed by atoms with Crippen molar-refractivity contribution in [3.8, 4) is 0 Å². The van der Waals surface area contributed by atoms with Crippen LogP contribution in [0.4, 0.5) is 17.1 Å². The molecule has 4 aliphatic rings. The number of anilines is 1. The van der Waals surface area contributed by atoms with Crippen LogP contribution >= 0.6 is 0 Å². The Labute approximate surface area is 564 Å². The molecule has 36 heteroatoms. The highest BCUT2D eigenvalue weighted by atomic mass is 16.8. The maximum absolute atomic E-state index is 12.9. The summed E-state index contributed by atoms with van der Waals surface area (Å²) in [6, 6.07) is 2.01. The molecule has 0 saturated carbocycles. The standard InChI is InChI=1S/C61H102N8O28/c1-43(70)65-48-38-92-51(58-56(48)94-60(3,4)96-58)40-89-32-29-85-27-25-82-22-20-80-17-12-63-53(72)9-14-87-36-45(67-55(74)42-91-34-31-84-24-19-79-16-11-62-47-8-7-46(68(75)76)35-50(47)69(77)78)37-88-15-10-54(73)64-13-18-81-21-23-83-26-28-86-30-33-90-41-52-59-57(95-61(5,6)97-59)49(39-93-52)66-44(2)71/h7-8,35,45,48-49,51-52,56-59,62H,9-34,36-42H2,1-6H3,(H,63,72)(H,64,73)(H,65,70)(H,66,71)(H,67,74)/t48-,49-,51-,52-,56-,57-,58+,59+/m1/s1. The number of benzene rings is 1. The Kier molecular flexibility index (Phi) is 39.5. The zero-order chi connectivity index (χ0) is 70.1. The molecule has 1 aromatic carbocycles. The molecule has 0 bridgehead atoms. The maximum Gasteiger partial charge on any atom is 0.299 e. The van der Waals surface area contributed by atoms with Crippen LogP contribution in [0.15, 0.2) is 18.2 Å². The van der Waals surface area contributed by atoms with Gasteiger partial charge in [-0.1, -0.05) is 0 Å². The number of non-ortho nitro benzene ring substituents is 1. The molecule has 4 heterocycles. The van der Waals surface area contributed by atoms with Crippen LogP contribution in [-0.2, 0) is 114 Å². The van der Waals surface area contributed by atoms with E-state index >= 15 is 0 Å². The van der Waals surface area contributed by atoms with Crippen molar-refractivity contribution in [2.45, 2.75) is 121 Å². The zero-order valence-electron chi connectivity index (χ0n) is 56.6. The fourth-order valence-corrected chi connectivity index (χ4v) is 10.1. The Morgan fingerprint density at radius 2 is 0.866 bits per heavy atom. The molecule has 4 saturated heterocycles. The lowest BCUT2D eigenvalue weighted by Gasteiger charge is -2.37. The monoisotopic (exact) mass is 1390 g/mol. The van der Waals surface area contributed by atoms with Crippen LogP contribution in [0.3, 0.4) is 0 Å². The fraction of sp³-hybridized carbons (Fsp3) is 0.820. The van der Waals surface area contributed by atoms with E-state index in [1.54, 1.807) is 0 Å². The molecule has 0 aliphatic carbocycles. The van der Waals surface area contributed by atoms with Crippen LogP contribution < -0.4 is 31.9 Å². The molecule has 6 N–H and O–H groups in total. The van der Waals surface area contributed by atoms with Gasteiger partial charge in [-0.25, -0.2) is 0 Å². The Balaban J connectivity index is 0.859. The van der Waals surface area contributed by atoms with Crippen LogP contribution in [-0.4, -0.2) is 310 Å². The Morgan fingerprint density at radius 3 is 1.27 bits per heavy atom.